The minimum Gasteiger partial charge on any atom is -0.378 e. The monoisotopic (exact) mass is 260 g/mol. The molecule has 0 N–H and O–H groups in total. The summed E-state index contributed by atoms with van der Waals surface area (Å²) in [5.74, 6) is 0.931. The fraction of sp³-hybridized carbons (Fsp3) is 1.00. The van der Waals surface area contributed by atoms with Crippen LogP contribution in [-0.4, -0.2) is 31.7 Å². The lowest BCUT2D eigenvalue weighted by Crippen LogP contribution is -2.30. The maximum atomic E-state index is 5.91. The summed E-state index contributed by atoms with van der Waals surface area (Å²) in [4.78, 5) is 0. The normalized spacial score (nSPS) is 21.0. The molecule has 17 heavy (non-hydrogen) atoms. The van der Waals surface area contributed by atoms with Gasteiger partial charge in [-0.25, -0.2) is 0 Å². The van der Waals surface area contributed by atoms with Crippen molar-refractivity contribution >= 4 is 12.6 Å². The van der Waals surface area contributed by atoms with E-state index in [1.807, 2.05) is 0 Å². The van der Waals surface area contributed by atoms with Crippen LogP contribution in [0.5, 0.6) is 0 Å². The first kappa shape index (κ1) is 15.3. The quantitative estimate of drug-likeness (QED) is 0.637. The Kier molecular flexibility index (Phi) is 7.56. The highest BCUT2D eigenvalue weighted by Gasteiger charge is 2.28. The van der Waals surface area contributed by atoms with Gasteiger partial charge in [-0.15, -0.1) is 0 Å². The van der Waals surface area contributed by atoms with E-state index in [0.29, 0.717) is 6.10 Å². The molecule has 1 aliphatic heterocycles. The van der Waals surface area contributed by atoms with Crippen LogP contribution in [-0.2, 0) is 9.47 Å². The molecule has 1 fully saturated rings. The average molecular weight is 260 g/mol. The van der Waals surface area contributed by atoms with Gasteiger partial charge >= 0.3 is 0 Å². The fourth-order valence-corrected chi connectivity index (χ4v) is 3.12. The highest BCUT2D eigenvalue weighted by atomic mass is 32.1. The van der Waals surface area contributed by atoms with Gasteiger partial charge in [0.15, 0.2) is 0 Å². The summed E-state index contributed by atoms with van der Waals surface area (Å²) in [5, 5.41) is 0. The second-order valence-corrected chi connectivity index (χ2v) is 5.62. The third-order valence-electron chi connectivity index (χ3n) is 3.63. The Morgan fingerprint density at radius 3 is 2.47 bits per heavy atom. The van der Waals surface area contributed by atoms with Gasteiger partial charge in [0.2, 0.25) is 0 Å². The predicted octanol–water partition coefficient (Wildman–Crippen LogP) is 3.70. The smallest absolute Gasteiger partial charge is 0.0809 e. The number of rotatable bonds is 9. The Labute approximate surface area is 112 Å². The number of ether oxygens (including phenoxy) is 2. The number of thiol groups is 1. The summed E-state index contributed by atoms with van der Waals surface area (Å²) in [6.45, 7) is 7.01. The van der Waals surface area contributed by atoms with E-state index in [-0.39, 0.29) is 5.41 Å². The van der Waals surface area contributed by atoms with Crippen LogP contribution in [0.1, 0.15) is 52.4 Å². The molecule has 0 aliphatic carbocycles. The van der Waals surface area contributed by atoms with Crippen LogP contribution in [0, 0.1) is 5.41 Å². The molecule has 0 aromatic carbocycles. The van der Waals surface area contributed by atoms with Crippen molar-refractivity contribution in [1.29, 1.82) is 0 Å². The first-order chi connectivity index (χ1) is 8.26. The molecule has 0 radical (unpaired) electrons. The first-order valence-corrected chi connectivity index (χ1v) is 7.70. The van der Waals surface area contributed by atoms with Gasteiger partial charge in [0, 0.05) is 12.0 Å². The van der Waals surface area contributed by atoms with Crippen molar-refractivity contribution in [3.63, 3.8) is 0 Å². The molecule has 1 heterocycles. The van der Waals surface area contributed by atoms with E-state index in [1.54, 1.807) is 0 Å². The van der Waals surface area contributed by atoms with Gasteiger partial charge in [-0.3, -0.25) is 0 Å². The Hall–Kier alpha value is 0.270. The van der Waals surface area contributed by atoms with Gasteiger partial charge in [0.1, 0.15) is 0 Å². The molecular formula is C14H28O2S. The molecule has 0 aromatic heterocycles. The van der Waals surface area contributed by atoms with Crippen molar-refractivity contribution in [2.24, 2.45) is 5.41 Å². The van der Waals surface area contributed by atoms with E-state index in [4.69, 9.17) is 9.47 Å². The predicted molar refractivity (Wildman–Crippen MR) is 75.9 cm³/mol. The highest BCUT2D eigenvalue weighted by Crippen LogP contribution is 2.32. The molecule has 0 amide bonds. The summed E-state index contributed by atoms with van der Waals surface area (Å²) in [6.07, 6.45) is 7.56. The van der Waals surface area contributed by atoms with E-state index >= 15 is 0 Å². The Morgan fingerprint density at radius 1 is 1.29 bits per heavy atom. The van der Waals surface area contributed by atoms with Gasteiger partial charge < -0.3 is 9.47 Å². The van der Waals surface area contributed by atoms with Crippen LogP contribution in [0.3, 0.4) is 0 Å². The maximum Gasteiger partial charge on any atom is 0.0809 e. The Balaban J connectivity index is 2.30. The Morgan fingerprint density at radius 2 is 2.00 bits per heavy atom. The van der Waals surface area contributed by atoms with Crippen molar-refractivity contribution < 1.29 is 9.47 Å². The molecule has 1 aliphatic rings. The van der Waals surface area contributed by atoms with Gasteiger partial charge in [0.05, 0.1) is 19.3 Å². The zero-order chi connectivity index (χ0) is 12.6. The lowest BCUT2D eigenvalue weighted by Gasteiger charge is -2.32. The van der Waals surface area contributed by atoms with E-state index in [2.05, 4.69) is 26.5 Å². The molecule has 1 saturated heterocycles. The summed E-state index contributed by atoms with van der Waals surface area (Å²) < 4.78 is 11.5. The topological polar surface area (TPSA) is 18.5 Å². The molecule has 0 saturated carbocycles. The van der Waals surface area contributed by atoms with Crippen LogP contribution in [0.2, 0.25) is 0 Å². The summed E-state index contributed by atoms with van der Waals surface area (Å²) in [6, 6.07) is 0. The minimum absolute atomic E-state index is 0.283. The summed E-state index contributed by atoms with van der Waals surface area (Å²) >= 11 is 4.54. The molecule has 0 spiro atoms. The van der Waals surface area contributed by atoms with E-state index in [0.717, 1.165) is 32.0 Å². The number of hydrogen-bond acceptors (Lipinski definition) is 3. The standard InChI is InChI=1S/C14H28O2S/c1-3-7-14(12-17,8-4-2)11-15-10-13-6-5-9-16-13/h13,17H,3-12H2,1-2H3. The highest BCUT2D eigenvalue weighted by molar-refractivity contribution is 7.80. The van der Waals surface area contributed by atoms with Crippen molar-refractivity contribution in [2.45, 2.75) is 58.5 Å². The fourth-order valence-electron chi connectivity index (χ4n) is 2.72. The minimum atomic E-state index is 0.283. The zero-order valence-corrected chi connectivity index (χ0v) is 12.3. The van der Waals surface area contributed by atoms with E-state index < -0.39 is 0 Å². The molecule has 1 rings (SSSR count). The lowest BCUT2D eigenvalue weighted by molar-refractivity contribution is -0.0170. The van der Waals surface area contributed by atoms with Crippen LogP contribution in [0.25, 0.3) is 0 Å². The molecule has 2 nitrogen and oxygen atoms in total. The van der Waals surface area contributed by atoms with Crippen LogP contribution >= 0.6 is 12.6 Å². The van der Waals surface area contributed by atoms with Crippen molar-refractivity contribution in [3.8, 4) is 0 Å². The largest absolute Gasteiger partial charge is 0.378 e. The van der Waals surface area contributed by atoms with Crippen molar-refractivity contribution in [1.82, 2.24) is 0 Å². The van der Waals surface area contributed by atoms with Gasteiger partial charge in [0.25, 0.3) is 0 Å². The molecule has 3 heteroatoms. The zero-order valence-electron chi connectivity index (χ0n) is 11.4. The van der Waals surface area contributed by atoms with Crippen molar-refractivity contribution in [2.75, 3.05) is 25.6 Å². The summed E-state index contributed by atoms with van der Waals surface area (Å²) in [7, 11) is 0. The summed E-state index contributed by atoms with van der Waals surface area (Å²) in [5.41, 5.74) is 0.283. The SMILES string of the molecule is CCCC(CS)(CCC)COCC1CCCO1. The third kappa shape index (κ3) is 5.19. The molecule has 1 unspecified atom stereocenters. The van der Waals surface area contributed by atoms with Crippen LogP contribution < -0.4 is 0 Å². The average Bonchev–Trinajstić information content (AvgIpc) is 2.82. The lowest BCUT2D eigenvalue weighted by atomic mass is 9.82. The van der Waals surface area contributed by atoms with Gasteiger partial charge in [-0.1, -0.05) is 26.7 Å². The van der Waals surface area contributed by atoms with E-state index in [1.165, 1.54) is 32.1 Å². The maximum absolute atomic E-state index is 5.91. The molecule has 0 bridgehead atoms. The van der Waals surface area contributed by atoms with Gasteiger partial charge in [-0.05, 0) is 31.4 Å². The molecule has 102 valence electrons. The second-order valence-electron chi connectivity index (χ2n) is 5.31. The third-order valence-corrected chi connectivity index (χ3v) is 4.30. The molecular weight excluding hydrogens is 232 g/mol. The van der Waals surface area contributed by atoms with Crippen LogP contribution in [0.15, 0.2) is 0 Å². The Bertz CT molecular complexity index is 185. The number of hydrogen-bond donors (Lipinski definition) is 1. The molecule has 1 atom stereocenters. The molecule has 0 aromatic rings. The van der Waals surface area contributed by atoms with E-state index in [9.17, 15) is 0 Å². The van der Waals surface area contributed by atoms with Crippen LogP contribution in [0.4, 0.5) is 0 Å². The second kappa shape index (κ2) is 8.39. The first-order valence-electron chi connectivity index (χ1n) is 7.06. The van der Waals surface area contributed by atoms with Crippen molar-refractivity contribution in [3.05, 3.63) is 0 Å². The van der Waals surface area contributed by atoms with Gasteiger partial charge in [-0.2, -0.15) is 12.6 Å².